The Kier molecular flexibility index (Phi) is 7.61. The van der Waals surface area contributed by atoms with Crippen LogP contribution in [0.15, 0.2) is 23.8 Å². The van der Waals surface area contributed by atoms with Crippen molar-refractivity contribution in [2.45, 2.75) is 97.9 Å². The number of ether oxygens (including phenoxy) is 2. The van der Waals surface area contributed by atoms with Crippen molar-refractivity contribution in [3.05, 3.63) is 23.8 Å². The van der Waals surface area contributed by atoms with Crippen molar-refractivity contribution in [2.75, 3.05) is 7.11 Å². The summed E-state index contributed by atoms with van der Waals surface area (Å²) >= 11 is 0. The topological polar surface area (TPSA) is 89.9 Å². The van der Waals surface area contributed by atoms with Crippen LogP contribution in [-0.4, -0.2) is 47.6 Å². The fourth-order valence-corrected chi connectivity index (χ4v) is 8.29. The lowest BCUT2D eigenvalue weighted by Gasteiger charge is -2.59. The fourth-order valence-electron chi connectivity index (χ4n) is 8.29. The van der Waals surface area contributed by atoms with Gasteiger partial charge in [-0.05, 0) is 75.9 Å². The zero-order valence-electron chi connectivity index (χ0n) is 22.7. The number of ketones is 1. The minimum absolute atomic E-state index is 0.0620. The minimum atomic E-state index is -0.775. The molecule has 6 unspecified atom stereocenters. The molecule has 0 aromatic carbocycles. The average Bonchev–Trinajstić information content (AvgIpc) is 3.20. The van der Waals surface area contributed by atoms with E-state index in [1.54, 1.807) is 12.2 Å². The number of carbonyl (C=O) groups is 3. The highest BCUT2D eigenvalue weighted by molar-refractivity contribution is 6.01. The van der Waals surface area contributed by atoms with E-state index in [9.17, 15) is 19.5 Å². The van der Waals surface area contributed by atoms with Crippen LogP contribution < -0.4 is 0 Å². The molecule has 0 radical (unpaired) electrons. The van der Waals surface area contributed by atoms with Crippen LogP contribution in [0.4, 0.5) is 0 Å². The number of esters is 1. The van der Waals surface area contributed by atoms with Gasteiger partial charge in [-0.3, -0.25) is 9.59 Å². The lowest BCUT2D eigenvalue weighted by molar-refractivity contribution is -0.196. The molecule has 0 aromatic heterocycles. The quantitative estimate of drug-likeness (QED) is 0.420. The van der Waals surface area contributed by atoms with Gasteiger partial charge in [0.15, 0.2) is 12.1 Å². The first kappa shape index (κ1) is 27.8. The Bertz CT molecular complexity index is 918. The van der Waals surface area contributed by atoms with Crippen LogP contribution in [0.25, 0.3) is 0 Å². The maximum absolute atomic E-state index is 12.5. The summed E-state index contributed by atoms with van der Waals surface area (Å²) < 4.78 is 10.6. The van der Waals surface area contributed by atoms with Gasteiger partial charge >= 0.3 is 5.97 Å². The van der Waals surface area contributed by atoms with E-state index in [0.717, 1.165) is 32.0 Å². The van der Waals surface area contributed by atoms with Gasteiger partial charge in [-0.2, -0.15) is 0 Å². The molecule has 0 aromatic rings. The Labute approximate surface area is 210 Å². The second-order valence-corrected chi connectivity index (χ2v) is 11.8. The molecule has 5 aliphatic rings. The summed E-state index contributed by atoms with van der Waals surface area (Å²) in [6, 6.07) is 0. The summed E-state index contributed by atoms with van der Waals surface area (Å²) in [5.41, 5.74) is -0.488. The zero-order valence-corrected chi connectivity index (χ0v) is 22.7. The van der Waals surface area contributed by atoms with Gasteiger partial charge in [-0.15, -0.1) is 0 Å². The largest absolute Gasteiger partial charge is 0.469 e. The first-order valence-corrected chi connectivity index (χ1v) is 13.2. The van der Waals surface area contributed by atoms with Gasteiger partial charge in [0.1, 0.15) is 5.60 Å². The molecule has 6 nitrogen and oxygen atoms in total. The molecule has 0 bridgehead atoms. The Morgan fingerprint density at radius 2 is 1.83 bits per heavy atom. The van der Waals surface area contributed by atoms with Crippen molar-refractivity contribution >= 4 is 18.0 Å². The van der Waals surface area contributed by atoms with Gasteiger partial charge in [0.25, 0.3) is 0 Å². The van der Waals surface area contributed by atoms with Crippen LogP contribution in [0.3, 0.4) is 0 Å². The maximum atomic E-state index is 12.5. The van der Waals surface area contributed by atoms with Crippen molar-refractivity contribution in [1.82, 2.24) is 0 Å². The van der Waals surface area contributed by atoms with Crippen molar-refractivity contribution < 1.29 is 29.0 Å². The number of aliphatic hydroxyl groups excluding tert-OH is 1. The number of allylic oxidation sites excluding steroid dienone is 4. The zero-order chi connectivity index (χ0) is 26.4. The van der Waals surface area contributed by atoms with Crippen molar-refractivity contribution in [3.63, 3.8) is 0 Å². The van der Waals surface area contributed by atoms with Crippen LogP contribution in [0, 0.1) is 34.5 Å². The molecule has 8 atom stereocenters. The molecule has 1 N–H and O–H groups in total. The molecule has 35 heavy (non-hydrogen) atoms. The number of carbonyl (C=O) groups excluding carboxylic acids is 3. The number of methoxy groups -OCH3 is 1. The van der Waals surface area contributed by atoms with E-state index in [1.165, 1.54) is 19.6 Å². The predicted octanol–water partition coefficient (Wildman–Crippen LogP) is 4.83. The van der Waals surface area contributed by atoms with Gasteiger partial charge < -0.3 is 19.4 Å². The highest BCUT2D eigenvalue weighted by atomic mass is 16.5. The standard InChI is InChI=1S/C24H32O4.C3H6O2.C2H6/c1-21(2)11-15-10-18-17-6-5-14-9-16(26)7-8-22(14,3)20(17)19(27)12-23(18,4)24(15,13-25)28-21;1-3(4)5-2;1-2/h7-9,13,15,17-20,27H,5-6,10-12H2,1-4H3;1-2H3;1-2H3/t15-,17?,18?,19?,20?,22?,23?,24+;;/m0../s1. The number of fused-ring (bicyclic) bond motifs is 7. The van der Waals surface area contributed by atoms with E-state index in [4.69, 9.17) is 4.74 Å². The molecule has 1 saturated heterocycles. The summed E-state index contributed by atoms with van der Waals surface area (Å²) in [5, 5.41) is 11.4. The fraction of sp³-hybridized carbons (Fsp3) is 0.759. The number of aldehydes is 1. The van der Waals surface area contributed by atoms with Crippen LogP contribution in [0.2, 0.25) is 0 Å². The smallest absolute Gasteiger partial charge is 0.302 e. The molecular weight excluding hydrogens is 444 g/mol. The van der Waals surface area contributed by atoms with Crippen LogP contribution >= 0.6 is 0 Å². The van der Waals surface area contributed by atoms with Crippen LogP contribution in [0.1, 0.15) is 80.6 Å². The highest BCUT2D eigenvalue weighted by Crippen LogP contribution is 2.71. The lowest BCUT2D eigenvalue weighted by Crippen LogP contribution is -2.61. The molecule has 1 heterocycles. The third kappa shape index (κ3) is 4.25. The molecule has 4 aliphatic carbocycles. The van der Waals surface area contributed by atoms with Crippen LogP contribution in [-0.2, 0) is 23.9 Å². The summed E-state index contributed by atoms with van der Waals surface area (Å²) in [5.74, 6) is 0.871. The van der Waals surface area contributed by atoms with E-state index in [2.05, 4.69) is 32.4 Å². The minimum Gasteiger partial charge on any atom is -0.469 e. The monoisotopic (exact) mass is 488 g/mol. The molecule has 3 saturated carbocycles. The van der Waals surface area contributed by atoms with E-state index in [-0.39, 0.29) is 40.0 Å². The maximum Gasteiger partial charge on any atom is 0.302 e. The number of aliphatic hydroxyl groups is 1. The van der Waals surface area contributed by atoms with Crippen molar-refractivity contribution in [1.29, 1.82) is 0 Å². The molecule has 5 rings (SSSR count). The average molecular weight is 489 g/mol. The molecule has 0 amide bonds. The van der Waals surface area contributed by atoms with E-state index < -0.39 is 11.7 Å². The molecule has 1 aliphatic heterocycles. The predicted molar refractivity (Wildman–Crippen MR) is 134 cm³/mol. The number of rotatable bonds is 1. The SMILES string of the molecule is CC.CC1(C)C[C@@H]2CC3C4CCC5=CC(=O)C=CC5(C)C4C(O)CC3(C)[C@]2(C=O)O1.COC(C)=O. The van der Waals surface area contributed by atoms with E-state index in [0.29, 0.717) is 18.3 Å². The molecule has 6 heteroatoms. The summed E-state index contributed by atoms with van der Waals surface area (Å²) in [6.45, 7) is 13.9. The Balaban J connectivity index is 0.000000438. The van der Waals surface area contributed by atoms with Gasteiger partial charge in [0.05, 0.1) is 18.8 Å². The normalized spacial score (nSPS) is 44.1. The number of hydrogen-bond donors (Lipinski definition) is 1. The Hall–Kier alpha value is -1.79. The summed E-state index contributed by atoms with van der Waals surface area (Å²) in [7, 11) is 1.35. The third-order valence-electron chi connectivity index (χ3n) is 9.57. The third-order valence-corrected chi connectivity index (χ3v) is 9.57. The van der Waals surface area contributed by atoms with E-state index >= 15 is 0 Å². The Morgan fingerprint density at radius 1 is 1.20 bits per heavy atom. The lowest BCUT2D eigenvalue weighted by atomic mass is 9.46. The number of hydrogen-bond acceptors (Lipinski definition) is 6. The summed E-state index contributed by atoms with van der Waals surface area (Å²) in [6.07, 6.45) is 10.5. The Morgan fingerprint density at radius 3 is 2.40 bits per heavy atom. The van der Waals surface area contributed by atoms with Gasteiger partial charge in [0, 0.05) is 23.7 Å². The van der Waals surface area contributed by atoms with Gasteiger partial charge in [0.2, 0.25) is 0 Å². The molecule has 196 valence electrons. The molecule has 4 fully saturated rings. The second kappa shape index (κ2) is 9.59. The molecule has 0 spiro atoms. The molecular formula is C29H44O6. The van der Waals surface area contributed by atoms with Crippen LogP contribution in [0.5, 0.6) is 0 Å². The highest BCUT2D eigenvalue weighted by Gasteiger charge is 2.73. The first-order chi connectivity index (χ1) is 16.3. The second-order valence-electron chi connectivity index (χ2n) is 11.8. The van der Waals surface area contributed by atoms with Gasteiger partial charge in [-0.1, -0.05) is 39.3 Å². The van der Waals surface area contributed by atoms with Crippen molar-refractivity contribution in [3.8, 4) is 0 Å². The van der Waals surface area contributed by atoms with Crippen molar-refractivity contribution in [2.24, 2.45) is 34.5 Å². The van der Waals surface area contributed by atoms with E-state index in [1.807, 2.05) is 19.9 Å². The first-order valence-electron chi connectivity index (χ1n) is 13.2. The van der Waals surface area contributed by atoms with Gasteiger partial charge in [-0.25, -0.2) is 0 Å². The summed E-state index contributed by atoms with van der Waals surface area (Å²) in [4.78, 5) is 34.0.